The Labute approximate surface area is 83.1 Å². The molecule has 2 N–H and O–H groups in total. The highest BCUT2D eigenvalue weighted by molar-refractivity contribution is 7.84. The minimum atomic E-state index is -0.676. The molecule has 3 unspecified atom stereocenters. The molecule has 1 rings (SSSR count). The van der Waals surface area contributed by atoms with Gasteiger partial charge in [0.2, 0.25) is 0 Å². The van der Waals surface area contributed by atoms with Crippen molar-refractivity contribution >= 4 is 10.8 Å². The summed E-state index contributed by atoms with van der Waals surface area (Å²) in [4.78, 5) is 2.36. The maximum Gasteiger partial charge on any atom is 0.0359 e. The van der Waals surface area contributed by atoms with E-state index in [1.54, 1.807) is 6.26 Å². The molecule has 78 valence electrons. The lowest BCUT2D eigenvalue weighted by atomic mass is 9.99. The van der Waals surface area contributed by atoms with Crippen LogP contribution in [0.15, 0.2) is 0 Å². The molecule has 4 heteroatoms. The summed E-state index contributed by atoms with van der Waals surface area (Å²) in [6.45, 7) is 4.21. The lowest BCUT2D eigenvalue weighted by Crippen LogP contribution is -2.51. The van der Waals surface area contributed by atoms with Crippen LogP contribution in [0.1, 0.15) is 19.8 Å². The summed E-state index contributed by atoms with van der Waals surface area (Å²) in [5.74, 6) is 0.775. The van der Waals surface area contributed by atoms with E-state index in [1.807, 2.05) is 0 Å². The van der Waals surface area contributed by atoms with Gasteiger partial charge in [0.25, 0.3) is 0 Å². The number of likely N-dealkylation sites (tertiary alicyclic amines) is 1. The molecule has 3 nitrogen and oxygen atoms in total. The number of hydrogen-bond donors (Lipinski definition) is 1. The van der Waals surface area contributed by atoms with Crippen LogP contribution >= 0.6 is 0 Å². The first-order chi connectivity index (χ1) is 6.11. The molecule has 0 aliphatic carbocycles. The standard InChI is InChI=1S/C9H20N2OS/c1-8-9(10)4-3-5-11(8)6-7-13(2)12/h8-9H,3-7,10H2,1-2H3. The van der Waals surface area contributed by atoms with Crippen LogP contribution in [-0.4, -0.2) is 46.3 Å². The Bertz CT molecular complexity index is 186. The van der Waals surface area contributed by atoms with Gasteiger partial charge in [0.05, 0.1) is 0 Å². The zero-order valence-corrected chi connectivity index (χ0v) is 9.35. The first-order valence-electron chi connectivity index (χ1n) is 4.91. The van der Waals surface area contributed by atoms with Crippen LogP contribution in [0.5, 0.6) is 0 Å². The highest BCUT2D eigenvalue weighted by atomic mass is 32.2. The number of hydrogen-bond acceptors (Lipinski definition) is 3. The van der Waals surface area contributed by atoms with Crippen molar-refractivity contribution in [2.45, 2.75) is 31.8 Å². The summed E-state index contributed by atoms with van der Waals surface area (Å²) >= 11 is 0. The molecule has 13 heavy (non-hydrogen) atoms. The van der Waals surface area contributed by atoms with E-state index in [-0.39, 0.29) is 0 Å². The summed E-state index contributed by atoms with van der Waals surface area (Å²) in [6, 6.07) is 0.761. The van der Waals surface area contributed by atoms with E-state index in [4.69, 9.17) is 5.73 Å². The van der Waals surface area contributed by atoms with Crippen molar-refractivity contribution < 1.29 is 4.21 Å². The third-order valence-corrected chi connectivity index (χ3v) is 3.60. The predicted octanol–water partition coefficient (Wildman–Crippen LogP) is 0.177. The van der Waals surface area contributed by atoms with E-state index < -0.39 is 10.8 Å². The van der Waals surface area contributed by atoms with Gasteiger partial charge in [-0.05, 0) is 26.3 Å². The molecule has 1 fully saturated rings. The van der Waals surface area contributed by atoms with Crippen molar-refractivity contribution in [3.8, 4) is 0 Å². The van der Waals surface area contributed by atoms with E-state index >= 15 is 0 Å². The second kappa shape index (κ2) is 5.08. The monoisotopic (exact) mass is 204 g/mol. The molecule has 0 saturated carbocycles. The minimum Gasteiger partial charge on any atom is -0.326 e. The van der Waals surface area contributed by atoms with Gasteiger partial charge in [0, 0.05) is 41.4 Å². The van der Waals surface area contributed by atoms with E-state index in [0.29, 0.717) is 12.1 Å². The fourth-order valence-corrected chi connectivity index (χ4v) is 2.30. The molecule has 0 spiro atoms. The molecule has 0 aromatic carbocycles. The average molecular weight is 204 g/mol. The van der Waals surface area contributed by atoms with Crippen molar-refractivity contribution in [2.24, 2.45) is 5.73 Å². The molecule has 0 bridgehead atoms. The smallest absolute Gasteiger partial charge is 0.0359 e. The fourth-order valence-electron chi connectivity index (χ4n) is 1.81. The Morgan fingerprint density at radius 1 is 1.62 bits per heavy atom. The molecular weight excluding hydrogens is 184 g/mol. The molecule has 1 aliphatic heterocycles. The zero-order valence-electron chi connectivity index (χ0n) is 8.53. The molecular formula is C9H20N2OS. The summed E-state index contributed by atoms with van der Waals surface area (Å²) in [7, 11) is -0.676. The van der Waals surface area contributed by atoms with Crippen LogP contribution < -0.4 is 5.73 Å². The lowest BCUT2D eigenvalue weighted by Gasteiger charge is -2.37. The van der Waals surface area contributed by atoms with Crippen molar-refractivity contribution in [3.05, 3.63) is 0 Å². The second-order valence-electron chi connectivity index (χ2n) is 3.86. The van der Waals surface area contributed by atoms with Gasteiger partial charge in [-0.15, -0.1) is 0 Å². The van der Waals surface area contributed by atoms with Crippen LogP contribution in [0.3, 0.4) is 0 Å². The Balaban J connectivity index is 2.35. The van der Waals surface area contributed by atoms with Crippen molar-refractivity contribution in [1.29, 1.82) is 0 Å². The largest absolute Gasteiger partial charge is 0.326 e. The van der Waals surface area contributed by atoms with E-state index in [2.05, 4.69) is 11.8 Å². The Morgan fingerprint density at radius 2 is 2.31 bits per heavy atom. The molecule has 0 amide bonds. The highest BCUT2D eigenvalue weighted by Gasteiger charge is 2.24. The second-order valence-corrected chi connectivity index (χ2v) is 5.41. The Kier molecular flexibility index (Phi) is 4.35. The quantitative estimate of drug-likeness (QED) is 0.713. The molecule has 0 aromatic heterocycles. The van der Waals surface area contributed by atoms with Gasteiger partial charge in [0.1, 0.15) is 0 Å². The van der Waals surface area contributed by atoms with Crippen LogP contribution in [0.4, 0.5) is 0 Å². The highest BCUT2D eigenvalue weighted by Crippen LogP contribution is 2.14. The Hall–Kier alpha value is 0.0700. The van der Waals surface area contributed by atoms with E-state index in [1.165, 1.54) is 6.42 Å². The van der Waals surface area contributed by atoms with Gasteiger partial charge >= 0.3 is 0 Å². The summed E-state index contributed by atoms with van der Waals surface area (Å²) in [5.41, 5.74) is 5.96. The normalized spacial score (nSPS) is 33.2. The van der Waals surface area contributed by atoms with Crippen LogP contribution in [-0.2, 0) is 10.8 Å². The van der Waals surface area contributed by atoms with Crippen LogP contribution in [0, 0.1) is 0 Å². The van der Waals surface area contributed by atoms with Crippen molar-refractivity contribution in [2.75, 3.05) is 25.1 Å². The molecule has 1 aliphatic rings. The predicted molar refractivity (Wildman–Crippen MR) is 57.2 cm³/mol. The van der Waals surface area contributed by atoms with E-state index in [9.17, 15) is 4.21 Å². The molecule has 3 atom stereocenters. The third-order valence-electron chi connectivity index (χ3n) is 2.84. The molecule has 0 aromatic rings. The van der Waals surface area contributed by atoms with Crippen molar-refractivity contribution in [3.63, 3.8) is 0 Å². The average Bonchev–Trinajstić information content (AvgIpc) is 2.07. The van der Waals surface area contributed by atoms with Gasteiger partial charge in [-0.3, -0.25) is 9.11 Å². The number of rotatable bonds is 3. The first kappa shape index (κ1) is 11.1. The number of piperidine rings is 1. The van der Waals surface area contributed by atoms with Crippen LogP contribution in [0.2, 0.25) is 0 Å². The summed E-state index contributed by atoms with van der Waals surface area (Å²) < 4.78 is 10.9. The summed E-state index contributed by atoms with van der Waals surface area (Å²) in [6.07, 6.45) is 4.07. The molecule has 1 heterocycles. The van der Waals surface area contributed by atoms with Gasteiger partial charge in [-0.1, -0.05) is 0 Å². The maximum atomic E-state index is 10.9. The molecule has 0 radical (unpaired) electrons. The van der Waals surface area contributed by atoms with Crippen LogP contribution in [0.25, 0.3) is 0 Å². The van der Waals surface area contributed by atoms with Gasteiger partial charge in [-0.25, -0.2) is 0 Å². The van der Waals surface area contributed by atoms with E-state index in [0.717, 1.165) is 25.3 Å². The SMILES string of the molecule is CC1C(N)CCCN1CCS(C)=O. The first-order valence-corrected chi connectivity index (χ1v) is 6.63. The summed E-state index contributed by atoms with van der Waals surface area (Å²) in [5, 5.41) is 0. The number of nitrogens with zero attached hydrogens (tertiary/aromatic N) is 1. The molecule has 1 saturated heterocycles. The van der Waals surface area contributed by atoms with Gasteiger partial charge in [0.15, 0.2) is 0 Å². The zero-order chi connectivity index (χ0) is 9.84. The minimum absolute atomic E-state index is 0.305. The topological polar surface area (TPSA) is 46.3 Å². The van der Waals surface area contributed by atoms with Gasteiger partial charge in [-0.2, -0.15) is 0 Å². The van der Waals surface area contributed by atoms with Crippen molar-refractivity contribution in [1.82, 2.24) is 4.90 Å². The maximum absolute atomic E-state index is 10.9. The number of nitrogens with two attached hydrogens (primary N) is 1. The lowest BCUT2D eigenvalue weighted by molar-refractivity contribution is 0.149. The Morgan fingerprint density at radius 3 is 2.92 bits per heavy atom. The fraction of sp³-hybridized carbons (Fsp3) is 1.00. The van der Waals surface area contributed by atoms with Gasteiger partial charge < -0.3 is 5.73 Å². The third kappa shape index (κ3) is 3.37.